The molecule has 0 saturated carbocycles. The minimum atomic E-state index is -6.67. The van der Waals surface area contributed by atoms with Gasteiger partial charge in [-0.05, 0) is 24.6 Å². The molecule has 14 heteroatoms. The van der Waals surface area contributed by atoms with E-state index in [1.54, 1.807) is 11.8 Å². The third-order valence-corrected chi connectivity index (χ3v) is 8.32. The molecule has 0 aliphatic heterocycles. The molecule has 6 nitrogen and oxygen atoms in total. The fraction of sp³-hybridized carbons (Fsp3) is 0.571. The standard InChI is InChI=1S/C14H17F6NO5S2/c1-2-21(7-8-22)11-5-3-10(4-6-11)9-12(27(23,24)13(15,16)17)28(25,26)14(18,19)20/h3-6,12,22H,2,7-9H2,1H3. The summed E-state index contributed by atoms with van der Waals surface area (Å²) in [7, 11) is -13.3. The summed E-state index contributed by atoms with van der Waals surface area (Å²) in [6.07, 6.45) is -1.53. The van der Waals surface area contributed by atoms with Crippen molar-refractivity contribution in [3.05, 3.63) is 29.8 Å². The van der Waals surface area contributed by atoms with Gasteiger partial charge in [-0.15, -0.1) is 0 Å². The maximum atomic E-state index is 12.8. The molecule has 0 unspecified atom stereocenters. The van der Waals surface area contributed by atoms with Gasteiger partial charge in [0.1, 0.15) is 0 Å². The highest BCUT2D eigenvalue weighted by atomic mass is 32.3. The Morgan fingerprint density at radius 2 is 1.36 bits per heavy atom. The summed E-state index contributed by atoms with van der Waals surface area (Å²) in [4.78, 5) is 1.63. The lowest BCUT2D eigenvalue weighted by atomic mass is 10.1. The molecule has 0 atom stereocenters. The van der Waals surface area contributed by atoms with Crippen molar-refractivity contribution in [2.75, 3.05) is 24.6 Å². The minimum Gasteiger partial charge on any atom is -0.395 e. The first kappa shape index (κ1) is 24.5. The second kappa shape index (κ2) is 8.45. The molecule has 0 heterocycles. The van der Waals surface area contributed by atoms with E-state index in [1.165, 1.54) is 12.1 Å². The molecule has 0 aliphatic carbocycles. The number of likely N-dealkylation sites (N-methyl/N-ethyl adjacent to an activating group) is 1. The molecule has 28 heavy (non-hydrogen) atoms. The average molecular weight is 457 g/mol. The predicted octanol–water partition coefficient (Wildman–Crippen LogP) is 2.24. The first-order valence-electron chi connectivity index (χ1n) is 7.64. The number of benzene rings is 1. The van der Waals surface area contributed by atoms with Crippen LogP contribution >= 0.6 is 0 Å². The zero-order valence-corrected chi connectivity index (χ0v) is 16.0. The highest BCUT2D eigenvalue weighted by Crippen LogP contribution is 2.37. The lowest BCUT2D eigenvalue weighted by Crippen LogP contribution is -2.46. The third kappa shape index (κ3) is 5.08. The fourth-order valence-electron chi connectivity index (χ4n) is 2.31. The molecule has 0 aliphatic rings. The molecule has 1 aromatic rings. The normalized spacial score (nSPS) is 13.8. The Balaban J connectivity index is 3.37. The minimum absolute atomic E-state index is 0.198. The van der Waals surface area contributed by atoms with Gasteiger partial charge in [0, 0.05) is 25.2 Å². The van der Waals surface area contributed by atoms with Crippen molar-refractivity contribution in [1.29, 1.82) is 0 Å². The van der Waals surface area contributed by atoms with Crippen LogP contribution in [0.3, 0.4) is 0 Å². The Bertz CT molecular complexity index is 819. The molecule has 1 N–H and O–H groups in total. The zero-order chi connectivity index (χ0) is 22.0. The van der Waals surface area contributed by atoms with Gasteiger partial charge in [0.15, 0.2) is 4.58 Å². The lowest BCUT2D eigenvalue weighted by molar-refractivity contribution is -0.0471. The van der Waals surface area contributed by atoms with E-state index in [0.29, 0.717) is 12.2 Å². The molecule has 0 bridgehead atoms. The Morgan fingerprint density at radius 1 is 0.929 bits per heavy atom. The maximum absolute atomic E-state index is 12.8. The van der Waals surface area contributed by atoms with Crippen molar-refractivity contribution in [2.24, 2.45) is 0 Å². The Morgan fingerprint density at radius 3 is 1.68 bits per heavy atom. The van der Waals surface area contributed by atoms with Gasteiger partial charge in [-0.3, -0.25) is 0 Å². The monoisotopic (exact) mass is 457 g/mol. The van der Waals surface area contributed by atoms with Crippen LogP contribution in [0.4, 0.5) is 32.0 Å². The van der Waals surface area contributed by atoms with E-state index in [1.807, 2.05) is 0 Å². The predicted molar refractivity (Wildman–Crippen MR) is 88.9 cm³/mol. The number of hydrogen-bond acceptors (Lipinski definition) is 6. The second-order valence-corrected chi connectivity index (χ2v) is 10.1. The smallest absolute Gasteiger partial charge is 0.395 e. The lowest BCUT2D eigenvalue weighted by Gasteiger charge is -2.23. The number of nitrogens with zero attached hydrogens (tertiary/aromatic N) is 1. The maximum Gasteiger partial charge on any atom is 0.498 e. The number of rotatable bonds is 8. The van der Waals surface area contributed by atoms with Crippen molar-refractivity contribution < 1.29 is 48.3 Å². The van der Waals surface area contributed by atoms with Crippen LogP contribution in [0, 0.1) is 0 Å². The topological polar surface area (TPSA) is 91.8 Å². The molecule has 0 aromatic heterocycles. The van der Waals surface area contributed by atoms with Gasteiger partial charge in [-0.25, -0.2) is 16.8 Å². The fourth-order valence-corrected chi connectivity index (χ4v) is 5.72. The van der Waals surface area contributed by atoms with E-state index < -0.39 is 41.7 Å². The number of anilines is 1. The van der Waals surface area contributed by atoms with Crippen molar-refractivity contribution >= 4 is 25.4 Å². The van der Waals surface area contributed by atoms with Gasteiger partial charge in [-0.2, -0.15) is 26.3 Å². The van der Waals surface area contributed by atoms with E-state index in [4.69, 9.17) is 5.11 Å². The van der Waals surface area contributed by atoms with Crippen molar-refractivity contribution in [3.8, 4) is 0 Å². The number of sulfone groups is 2. The van der Waals surface area contributed by atoms with Crippen LogP contribution in [0.25, 0.3) is 0 Å². The summed E-state index contributed by atoms with van der Waals surface area (Å²) >= 11 is 0. The summed E-state index contributed by atoms with van der Waals surface area (Å²) < 4.78 is 119. The number of hydrogen-bond donors (Lipinski definition) is 1. The van der Waals surface area contributed by atoms with E-state index in [-0.39, 0.29) is 18.7 Å². The highest BCUT2D eigenvalue weighted by molar-refractivity contribution is 8.09. The Labute approximate surface area is 157 Å². The summed E-state index contributed by atoms with van der Waals surface area (Å²) in [5.41, 5.74) is -12.3. The summed E-state index contributed by atoms with van der Waals surface area (Å²) in [5.74, 6) is 0. The summed E-state index contributed by atoms with van der Waals surface area (Å²) in [5, 5.41) is 8.95. The van der Waals surface area contributed by atoms with Crippen molar-refractivity contribution in [1.82, 2.24) is 0 Å². The van der Waals surface area contributed by atoms with Crippen LogP contribution in [0.15, 0.2) is 24.3 Å². The van der Waals surface area contributed by atoms with Gasteiger partial charge in [0.25, 0.3) is 19.7 Å². The van der Waals surface area contributed by atoms with Crippen molar-refractivity contribution in [3.63, 3.8) is 0 Å². The second-order valence-electron chi connectivity index (χ2n) is 5.58. The van der Waals surface area contributed by atoms with Crippen LogP contribution in [0.5, 0.6) is 0 Å². The van der Waals surface area contributed by atoms with Crippen LogP contribution < -0.4 is 4.90 Å². The first-order chi connectivity index (χ1) is 12.6. The van der Waals surface area contributed by atoms with E-state index in [2.05, 4.69) is 0 Å². The average Bonchev–Trinajstić information content (AvgIpc) is 2.55. The van der Waals surface area contributed by atoms with Crippen LogP contribution in [0.2, 0.25) is 0 Å². The number of halogens is 6. The summed E-state index contributed by atoms with van der Waals surface area (Å²) in [6, 6.07) is 4.60. The molecule has 1 aromatic carbocycles. The number of aliphatic hydroxyl groups excluding tert-OH is 1. The highest BCUT2D eigenvalue weighted by Gasteiger charge is 2.62. The zero-order valence-electron chi connectivity index (χ0n) is 14.3. The van der Waals surface area contributed by atoms with Gasteiger partial charge < -0.3 is 10.0 Å². The van der Waals surface area contributed by atoms with Gasteiger partial charge in [0.05, 0.1) is 6.61 Å². The molecule has 0 amide bonds. The van der Waals surface area contributed by atoms with Gasteiger partial charge in [0.2, 0.25) is 0 Å². The Kier molecular flexibility index (Phi) is 7.39. The third-order valence-electron chi connectivity index (χ3n) is 3.79. The van der Waals surface area contributed by atoms with Crippen LogP contribution in [-0.4, -0.2) is 57.2 Å². The summed E-state index contributed by atoms with van der Waals surface area (Å²) in [6.45, 7) is 2.13. The first-order valence-corrected chi connectivity index (χ1v) is 10.7. The molecule has 0 fully saturated rings. The van der Waals surface area contributed by atoms with E-state index >= 15 is 0 Å². The molecule has 0 saturated heterocycles. The van der Waals surface area contributed by atoms with Crippen LogP contribution in [0.1, 0.15) is 12.5 Å². The Hall–Kier alpha value is -1.54. The SMILES string of the molecule is CCN(CCO)c1ccc(CC(S(=O)(=O)C(F)(F)F)S(=O)(=O)C(F)(F)F)cc1. The van der Waals surface area contributed by atoms with E-state index in [9.17, 15) is 43.2 Å². The molecule has 0 radical (unpaired) electrons. The van der Waals surface area contributed by atoms with Gasteiger partial charge >= 0.3 is 11.0 Å². The number of aliphatic hydroxyl groups is 1. The largest absolute Gasteiger partial charge is 0.498 e. The molecule has 162 valence electrons. The van der Waals surface area contributed by atoms with E-state index in [0.717, 1.165) is 12.1 Å². The molecular formula is C14H17F6NO5S2. The van der Waals surface area contributed by atoms with Gasteiger partial charge in [-0.1, -0.05) is 12.1 Å². The van der Waals surface area contributed by atoms with Crippen molar-refractivity contribution in [2.45, 2.75) is 28.9 Å². The molecule has 1 rings (SSSR count). The molecule has 0 spiro atoms. The molecular weight excluding hydrogens is 440 g/mol. The van der Waals surface area contributed by atoms with Crippen LogP contribution in [-0.2, 0) is 26.1 Å². The number of alkyl halides is 6. The quantitative estimate of drug-likeness (QED) is 0.602.